The van der Waals surface area contributed by atoms with Crippen molar-refractivity contribution in [2.75, 3.05) is 0 Å². The second-order valence-electron chi connectivity index (χ2n) is 7.30. The van der Waals surface area contributed by atoms with Crippen LogP contribution in [0.15, 0.2) is 29.8 Å². The molecule has 0 bridgehead atoms. The quantitative estimate of drug-likeness (QED) is 0.655. The molecule has 0 spiro atoms. The van der Waals surface area contributed by atoms with Crippen LogP contribution in [0.4, 0.5) is 0 Å². The van der Waals surface area contributed by atoms with Crippen LogP contribution in [0, 0.1) is 29.6 Å². The topological polar surface area (TPSA) is 85.6 Å². The molecule has 0 fully saturated rings. The van der Waals surface area contributed by atoms with E-state index in [1.54, 1.807) is 11.6 Å². The molecule has 0 aliphatic rings. The second-order valence-corrected chi connectivity index (χ2v) is 7.30. The van der Waals surface area contributed by atoms with Crippen molar-refractivity contribution in [3.63, 3.8) is 0 Å². The molecule has 5 nitrogen and oxygen atoms in total. The molecule has 0 saturated heterocycles. The van der Waals surface area contributed by atoms with E-state index < -0.39 is 0 Å². The SMILES string of the molecule is CCn1nc(C)c(C#N)c1/C(O)=C(\C#N)Cc1ccc(C(C)(C)C)cc1. The smallest absolute Gasteiger partial charge is 0.156 e. The molecule has 0 amide bonds. The fourth-order valence-electron chi connectivity index (χ4n) is 2.83. The molecule has 1 aromatic heterocycles. The zero-order valence-electron chi connectivity index (χ0n) is 16.0. The number of aryl methyl sites for hydroxylation is 2. The van der Waals surface area contributed by atoms with Crippen molar-refractivity contribution in [2.45, 2.75) is 53.0 Å². The lowest BCUT2D eigenvalue weighted by molar-refractivity contribution is 0.490. The van der Waals surface area contributed by atoms with Crippen molar-refractivity contribution in [3.8, 4) is 12.1 Å². The van der Waals surface area contributed by atoms with Crippen molar-refractivity contribution in [3.05, 3.63) is 57.9 Å². The van der Waals surface area contributed by atoms with Crippen LogP contribution in [0.3, 0.4) is 0 Å². The highest BCUT2D eigenvalue weighted by Crippen LogP contribution is 2.26. The summed E-state index contributed by atoms with van der Waals surface area (Å²) in [4.78, 5) is 0. The molecule has 2 rings (SSSR count). The van der Waals surface area contributed by atoms with Crippen LogP contribution in [0.2, 0.25) is 0 Å². The average Bonchev–Trinajstić information content (AvgIpc) is 2.94. The van der Waals surface area contributed by atoms with E-state index in [2.05, 4.69) is 38.0 Å². The summed E-state index contributed by atoms with van der Waals surface area (Å²) in [5, 5.41) is 33.9. The van der Waals surface area contributed by atoms with Crippen LogP contribution in [0.25, 0.3) is 5.76 Å². The van der Waals surface area contributed by atoms with Gasteiger partial charge in [0, 0.05) is 13.0 Å². The number of aromatic nitrogens is 2. The summed E-state index contributed by atoms with van der Waals surface area (Å²) in [5.74, 6) is -0.175. The number of rotatable bonds is 4. The molecule has 0 atom stereocenters. The van der Waals surface area contributed by atoms with E-state index in [1.165, 1.54) is 5.56 Å². The van der Waals surface area contributed by atoms with Gasteiger partial charge in [-0.05, 0) is 30.4 Å². The Labute approximate surface area is 154 Å². The predicted molar refractivity (Wildman–Crippen MR) is 101 cm³/mol. The lowest BCUT2D eigenvalue weighted by Gasteiger charge is -2.19. The largest absolute Gasteiger partial charge is 0.505 e. The van der Waals surface area contributed by atoms with Crippen LogP contribution >= 0.6 is 0 Å². The minimum absolute atomic E-state index is 0.0570. The first kappa shape index (κ1) is 19.3. The number of hydrogen-bond acceptors (Lipinski definition) is 4. The predicted octanol–water partition coefficient (Wildman–Crippen LogP) is 4.42. The van der Waals surface area contributed by atoms with Gasteiger partial charge >= 0.3 is 0 Å². The number of nitriles is 2. The van der Waals surface area contributed by atoms with Gasteiger partial charge in [-0.2, -0.15) is 15.6 Å². The fraction of sp³-hybridized carbons (Fsp3) is 0.381. The molecule has 1 heterocycles. The Morgan fingerprint density at radius 1 is 1.19 bits per heavy atom. The maximum atomic E-state index is 10.7. The van der Waals surface area contributed by atoms with Crippen molar-refractivity contribution < 1.29 is 5.11 Å². The molecule has 26 heavy (non-hydrogen) atoms. The minimum Gasteiger partial charge on any atom is -0.505 e. The van der Waals surface area contributed by atoms with Crippen LogP contribution < -0.4 is 0 Å². The standard InChI is InChI=1S/C21H24N4O/c1-6-25-19(18(13-23)14(2)24-25)20(26)16(12-22)11-15-7-9-17(10-8-15)21(3,4)5/h7-10,26H,6,11H2,1-5H3/b20-16+. The Morgan fingerprint density at radius 3 is 2.27 bits per heavy atom. The van der Waals surface area contributed by atoms with Crippen LogP contribution in [-0.4, -0.2) is 14.9 Å². The first-order valence-electron chi connectivity index (χ1n) is 8.62. The van der Waals surface area contributed by atoms with E-state index in [9.17, 15) is 15.6 Å². The van der Waals surface area contributed by atoms with Gasteiger partial charge in [0.1, 0.15) is 17.3 Å². The van der Waals surface area contributed by atoms with Crippen molar-refractivity contribution in [1.82, 2.24) is 9.78 Å². The van der Waals surface area contributed by atoms with Gasteiger partial charge in [-0.3, -0.25) is 4.68 Å². The Bertz CT molecular complexity index is 913. The number of hydrogen-bond donors (Lipinski definition) is 1. The number of allylic oxidation sites excluding steroid dienone is 1. The first-order valence-corrected chi connectivity index (χ1v) is 8.62. The highest BCUT2D eigenvalue weighted by Gasteiger charge is 2.21. The van der Waals surface area contributed by atoms with Gasteiger partial charge in [0.15, 0.2) is 5.76 Å². The Balaban J connectivity index is 2.45. The summed E-state index contributed by atoms with van der Waals surface area (Å²) < 4.78 is 1.56. The van der Waals surface area contributed by atoms with Crippen molar-refractivity contribution >= 4 is 5.76 Å². The van der Waals surface area contributed by atoms with E-state index in [0.29, 0.717) is 29.9 Å². The number of aliphatic hydroxyl groups is 1. The number of nitrogens with zero attached hydrogens (tertiary/aromatic N) is 4. The van der Waals surface area contributed by atoms with Gasteiger partial charge in [0.2, 0.25) is 0 Å². The molecular weight excluding hydrogens is 324 g/mol. The number of aliphatic hydroxyl groups excluding tert-OH is 1. The van der Waals surface area contributed by atoms with E-state index in [4.69, 9.17) is 0 Å². The summed E-state index contributed by atoms with van der Waals surface area (Å²) in [5.41, 5.74) is 3.58. The van der Waals surface area contributed by atoms with E-state index in [0.717, 1.165) is 5.56 Å². The molecule has 0 radical (unpaired) electrons. The molecular formula is C21H24N4O. The Kier molecular flexibility index (Phi) is 5.53. The van der Waals surface area contributed by atoms with Gasteiger partial charge in [-0.1, -0.05) is 45.0 Å². The zero-order valence-corrected chi connectivity index (χ0v) is 16.0. The lowest BCUT2D eigenvalue weighted by atomic mass is 9.86. The van der Waals surface area contributed by atoms with E-state index in [-0.39, 0.29) is 16.7 Å². The van der Waals surface area contributed by atoms with Gasteiger partial charge in [-0.15, -0.1) is 0 Å². The molecule has 2 aromatic rings. The lowest BCUT2D eigenvalue weighted by Crippen LogP contribution is -2.10. The number of benzene rings is 1. The van der Waals surface area contributed by atoms with Gasteiger partial charge in [0.25, 0.3) is 0 Å². The van der Waals surface area contributed by atoms with Crippen LogP contribution in [0.5, 0.6) is 0 Å². The van der Waals surface area contributed by atoms with Gasteiger partial charge in [-0.25, -0.2) is 0 Å². The van der Waals surface area contributed by atoms with E-state index >= 15 is 0 Å². The highest BCUT2D eigenvalue weighted by molar-refractivity contribution is 5.69. The summed E-state index contributed by atoms with van der Waals surface area (Å²) >= 11 is 0. The monoisotopic (exact) mass is 348 g/mol. The van der Waals surface area contributed by atoms with Crippen molar-refractivity contribution in [1.29, 1.82) is 10.5 Å². The van der Waals surface area contributed by atoms with Crippen LogP contribution in [-0.2, 0) is 18.4 Å². The molecule has 0 aliphatic heterocycles. The molecule has 1 aromatic carbocycles. The molecule has 0 aliphatic carbocycles. The van der Waals surface area contributed by atoms with E-state index in [1.807, 2.05) is 31.2 Å². The summed E-state index contributed by atoms with van der Waals surface area (Å²) in [6.45, 7) is 10.5. The zero-order chi connectivity index (χ0) is 19.5. The fourth-order valence-corrected chi connectivity index (χ4v) is 2.83. The van der Waals surface area contributed by atoms with Crippen LogP contribution in [0.1, 0.15) is 55.8 Å². The molecule has 0 saturated carbocycles. The summed E-state index contributed by atoms with van der Waals surface area (Å²) in [7, 11) is 0. The average molecular weight is 348 g/mol. The summed E-state index contributed by atoms with van der Waals surface area (Å²) in [6.07, 6.45) is 0.297. The third-order valence-electron chi connectivity index (χ3n) is 4.38. The van der Waals surface area contributed by atoms with Gasteiger partial charge in [0.05, 0.1) is 17.3 Å². The molecule has 1 N–H and O–H groups in total. The molecule has 0 unspecified atom stereocenters. The Hall–Kier alpha value is -3.05. The first-order chi connectivity index (χ1) is 12.2. The van der Waals surface area contributed by atoms with Crippen molar-refractivity contribution in [2.24, 2.45) is 0 Å². The minimum atomic E-state index is -0.175. The summed E-state index contributed by atoms with van der Waals surface area (Å²) in [6, 6.07) is 12.2. The second kappa shape index (κ2) is 7.45. The third-order valence-corrected chi connectivity index (χ3v) is 4.38. The van der Waals surface area contributed by atoms with Gasteiger partial charge < -0.3 is 5.11 Å². The molecule has 5 heteroatoms. The maximum Gasteiger partial charge on any atom is 0.156 e. The molecule has 134 valence electrons. The normalized spacial score (nSPS) is 12.3. The third kappa shape index (κ3) is 3.78. The highest BCUT2D eigenvalue weighted by atomic mass is 16.3. The Morgan fingerprint density at radius 2 is 1.81 bits per heavy atom. The maximum absolute atomic E-state index is 10.7.